The van der Waals surface area contributed by atoms with Crippen LogP contribution in [0.5, 0.6) is 0 Å². The van der Waals surface area contributed by atoms with E-state index >= 15 is 0 Å². The number of aliphatic imine (C=N–C) groups is 1. The van der Waals surface area contributed by atoms with Gasteiger partial charge in [-0.3, -0.25) is 4.99 Å². The third-order valence-electron chi connectivity index (χ3n) is 3.00. The minimum atomic E-state index is 0.280. The first kappa shape index (κ1) is 9.19. The molecule has 1 saturated heterocycles. The van der Waals surface area contributed by atoms with Crippen molar-refractivity contribution in [3.05, 3.63) is 0 Å². The van der Waals surface area contributed by atoms with E-state index in [1.807, 2.05) is 11.8 Å². The number of nitrogens with zero attached hydrogens (tertiary/aromatic N) is 2. The average molecular weight is 199 g/mol. The van der Waals surface area contributed by atoms with Gasteiger partial charge in [0.05, 0.1) is 12.1 Å². The van der Waals surface area contributed by atoms with Gasteiger partial charge in [-0.1, -0.05) is 0 Å². The summed E-state index contributed by atoms with van der Waals surface area (Å²) in [6.07, 6.45) is 2.57. The van der Waals surface area contributed by atoms with Crippen LogP contribution >= 0.6 is 11.8 Å². The summed E-state index contributed by atoms with van der Waals surface area (Å²) in [6.45, 7) is 4.07. The average Bonchev–Trinajstić information content (AvgIpc) is 2.45. The van der Waals surface area contributed by atoms with E-state index in [1.165, 1.54) is 24.3 Å². The molecule has 0 amide bonds. The SMILES string of the molecule is CCN1C(N)=NCC12CCCSC2. The van der Waals surface area contributed by atoms with Crippen molar-refractivity contribution in [3.8, 4) is 0 Å². The van der Waals surface area contributed by atoms with Crippen molar-refractivity contribution in [2.24, 2.45) is 10.7 Å². The van der Waals surface area contributed by atoms with Gasteiger partial charge in [-0.2, -0.15) is 11.8 Å². The molecule has 0 aliphatic carbocycles. The topological polar surface area (TPSA) is 41.6 Å². The normalized spacial score (nSPS) is 33.9. The van der Waals surface area contributed by atoms with Crippen LogP contribution in [0.1, 0.15) is 19.8 Å². The van der Waals surface area contributed by atoms with Gasteiger partial charge in [0.15, 0.2) is 5.96 Å². The molecule has 1 fully saturated rings. The van der Waals surface area contributed by atoms with Crippen LogP contribution in [0, 0.1) is 0 Å². The molecule has 2 aliphatic rings. The van der Waals surface area contributed by atoms with Crippen LogP contribution in [0.4, 0.5) is 0 Å². The first-order chi connectivity index (χ1) is 6.28. The maximum atomic E-state index is 5.86. The summed E-state index contributed by atoms with van der Waals surface area (Å²) < 4.78 is 0. The van der Waals surface area contributed by atoms with Crippen LogP contribution in [-0.4, -0.2) is 41.0 Å². The zero-order chi connectivity index (χ0) is 9.31. The molecule has 4 heteroatoms. The number of nitrogens with two attached hydrogens (primary N) is 1. The fourth-order valence-corrected chi connectivity index (χ4v) is 3.58. The fourth-order valence-electron chi connectivity index (χ4n) is 2.31. The van der Waals surface area contributed by atoms with Crippen molar-refractivity contribution in [1.29, 1.82) is 0 Å². The highest BCUT2D eigenvalue weighted by atomic mass is 32.2. The monoisotopic (exact) mass is 199 g/mol. The number of likely N-dealkylation sites (N-methyl/N-ethyl adjacent to an activating group) is 1. The number of thioether (sulfide) groups is 1. The third-order valence-corrected chi connectivity index (χ3v) is 4.32. The molecule has 2 rings (SSSR count). The Bertz CT molecular complexity index is 221. The van der Waals surface area contributed by atoms with Crippen molar-refractivity contribution in [2.45, 2.75) is 25.3 Å². The van der Waals surface area contributed by atoms with Crippen molar-refractivity contribution in [2.75, 3.05) is 24.6 Å². The Morgan fingerprint density at radius 1 is 1.69 bits per heavy atom. The van der Waals surface area contributed by atoms with Gasteiger partial charge in [-0.25, -0.2) is 0 Å². The molecule has 0 radical (unpaired) electrons. The minimum Gasteiger partial charge on any atom is -0.370 e. The fraction of sp³-hybridized carbons (Fsp3) is 0.889. The van der Waals surface area contributed by atoms with Gasteiger partial charge in [0, 0.05) is 12.3 Å². The van der Waals surface area contributed by atoms with Crippen molar-refractivity contribution >= 4 is 17.7 Å². The standard InChI is InChI=1S/C9H17N3S/c1-2-12-8(10)11-6-9(12)4-3-5-13-7-9/h2-7H2,1H3,(H2,10,11). The van der Waals surface area contributed by atoms with Gasteiger partial charge in [0.2, 0.25) is 0 Å². The van der Waals surface area contributed by atoms with Crippen LogP contribution < -0.4 is 5.73 Å². The molecule has 0 bridgehead atoms. The second-order valence-corrected chi connectivity index (χ2v) is 4.90. The molecule has 1 atom stereocenters. The smallest absolute Gasteiger partial charge is 0.191 e. The van der Waals surface area contributed by atoms with Crippen molar-refractivity contribution < 1.29 is 0 Å². The van der Waals surface area contributed by atoms with Gasteiger partial charge in [-0.15, -0.1) is 0 Å². The quantitative estimate of drug-likeness (QED) is 0.682. The summed E-state index contributed by atoms with van der Waals surface area (Å²) in [6, 6.07) is 0. The van der Waals surface area contributed by atoms with E-state index in [2.05, 4.69) is 16.8 Å². The van der Waals surface area contributed by atoms with E-state index in [0.717, 1.165) is 19.0 Å². The molecule has 3 nitrogen and oxygen atoms in total. The highest BCUT2D eigenvalue weighted by molar-refractivity contribution is 7.99. The van der Waals surface area contributed by atoms with Gasteiger partial charge >= 0.3 is 0 Å². The minimum absolute atomic E-state index is 0.280. The van der Waals surface area contributed by atoms with Gasteiger partial charge in [0.1, 0.15) is 0 Å². The largest absolute Gasteiger partial charge is 0.370 e. The van der Waals surface area contributed by atoms with Crippen LogP contribution in [0.2, 0.25) is 0 Å². The molecular formula is C9H17N3S. The summed E-state index contributed by atoms with van der Waals surface area (Å²) in [5, 5.41) is 0. The predicted molar refractivity (Wildman–Crippen MR) is 58.2 cm³/mol. The molecule has 0 saturated carbocycles. The lowest BCUT2D eigenvalue weighted by Crippen LogP contribution is -2.54. The Kier molecular flexibility index (Phi) is 2.41. The highest BCUT2D eigenvalue weighted by Crippen LogP contribution is 2.34. The van der Waals surface area contributed by atoms with E-state index < -0.39 is 0 Å². The number of guanidine groups is 1. The number of hydrogen-bond donors (Lipinski definition) is 1. The van der Waals surface area contributed by atoms with Gasteiger partial charge in [-0.05, 0) is 25.5 Å². The maximum Gasteiger partial charge on any atom is 0.191 e. The van der Waals surface area contributed by atoms with E-state index in [0.29, 0.717) is 0 Å². The molecule has 0 aromatic carbocycles. The molecule has 74 valence electrons. The molecule has 0 aromatic rings. The van der Waals surface area contributed by atoms with Crippen molar-refractivity contribution in [3.63, 3.8) is 0 Å². The Morgan fingerprint density at radius 2 is 2.54 bits per heavy atom. The van der Waals surface area contributed by atoms with Gasteiger partial charge in [0.25, 0.3) is 0 Å². The Morgan fingerprint density at radius 3 is 3.15 bits per heavy atom. The van der Waals surface area contributed by atoms with E-state index in [1.54, 1.807) is 0 Å². The summed E-state index contributed by atoms with van der Waals surface area (Å²) in [5.41, 5.74) is 6.14. The lowest BCUT2D eigenvalue weighted by Gasteiger charge is -2.41. The van der Waals surface area contributed by atoms with Crippen LogP contribution in [0.3, 0.4) is 0 Å². The van der Waals surface area contributed by atoms with Gasteiger partial charge < -0.3 is 10.6 Å². The zero-order valence-electron chi connectivity index (χ0n) is 8.12. The zero-order valence-corrected chi connectivity index (χ0v) is 8.94. The lowest BCUT2D eigenvalue weighted by molar-refractivity contribution is 0.216. The Hall–Kier alpha value is -0.380. The Balaban J connectivity index is 2.14. The molecule has 1 spiro atoms. The summed E-state index contributed by atoms with van der Waals surface area (Å²) >= 11 is 2.04. The number of rotatable bonds is 1. The number of hydrogen-bond acceptors (Lipinski definition) is 4. The van der Waals surface area contributed by atoms with E-state index in [4.69, 9.17) is 5.73 Å². The van der Waals surface area contributed by atoms with Crippen LogP contribution in [-0.2, 0) is 0 Å². The summed E-state index contributed by atoms with van der Waals surface area (Å²) in [7, 11) is 0. The molecule has 2 aliphatic heterocycles. The predicted octanol–water partition coefficient (Wildman–Crippen LogP) is 0.902. The maximum absolute atomic E-state index is 5.86. The van der Waals surface area contributed by atoms with Crippen LogP contribution in [0.25, 0.3) is 0 Å². The second-order valence-electron chi connectivity index (χ2n) is 3.80. The molecule has 2 N–H and O–H groups in total. The Labute approximate surface area is 83.8 Å². The third kappa shape index (κ3) is 1.41. The summed E-state index contributed by atoms with van der Waals surface area (Å²) in [4.78, 5) is 6.66. The first-order valence-electron chi connectivity index (χ1n) is 4.94. The molecule has 0 aromatic heterocycles. The molecule has 13 heavy (non-hydrogen) atoms. The highest BCUT2D eigenvalue weighted by Gasteiger charge is 2.42. The van der Waals surface area contributed by atoms with E-state index in [-0.39, 0.29) is 5.54 Å². The first-order valence-corrected chi connectivity index (χ1v) is 6.09. The summed E-state index contributed by atoms with van der Waals surface area (Å²) in [5.74, 6) is 3.26. The lowest BCUT2D eigenvalue weighted by atomic mass is 9.94. The molecular weight excluding hydrogens is 182 g/mol. The molecule has 1 unspecified atom stereocenters. The molecule has 2 heterocycles. The van der Waals surface area contributed by atoms with Crippen LogP contribution in [0.15, 0.2) is 4.99 Å². The van der Waals surface area contributed by atoms with E-state index in [9.17, 15) is 0 Å². The second kappa shape index (κ2) is 3.40. The van der Waals surface area contributed by atoms with Crippen molar-refractivity contribution in [1.82, 2.24) is 4.90 Å².